The second kappa shape index (κ2) is 8.15. The van der Waals surface area contributed by atoms with Crippen LogP contribution >= 0.6 is 22.1 Å². The van der Waals surface area contributed by atoms with Crippen LogP contribution < -0.4 is 4.72 Å². The van der Waals surface area contributed by atoms with Crippen molar-refractivity contribution in [2.45, 2.75) is 56.2 Å². The van der Waals surface area contributed by atoms with Crippen LogP contribution in [0.3, 0.4) is 0 Å². The van der Waals surface area contributed by atoms with Crippen LogP contribution in [0.15, 0.2) is 24.3 Å². The first kappa shape index (κ1) is 21.0. The smallest absolute Gasteiger partial charge is 0.146 e. The molecular formula is C19H32ClNO3S. The van der Waals surface area contributed by atoms with Crippen molar-refractivity contribution >= 4 is 22.1 Å². The highest BCUT2D eigenvalue weighted by atomic mass is 35.5. The van der Waals surface area contributed by atoms with E-state index in [0.717, 1.165) is 17.9 Å². The number of hydrogen-bond donors (Lipinski definition) is 2. The first-order valence-corrected chi connectivity index (χ1v) is 11.1. The second-order valence-corrected chi connectivity index (χ2v) is 11.6. The van der Waals surface area contributed by atoms with E-state index in [1.54, 1.807) is 7.11 Å². The molecule has 0 spiro atoms. The molecular weight excluding hydrogens is 358 g/mol. The lowest BCUT2D eigenvalue weighted by Gasteiger charge is -2.53. The quantitative estimate of drug-likeness (QED) is 0.487. The van der Waals surface area contributed by atoms with Crippen LogP contribution in [0, 0.1) is 0 Å². The minimum absolute atomic E-state index is 0.0156. The SMILES string of the molecule is COCOC[C@H](NS(C)(O)C(C)(C)C)C1(c2ccc(Cl)cc2)CCC1. The molecule has 1 saturated carbocycles. The second-order valence-electron chi connectivity index (χ2n) is 7.95. The van der Waals surface area contributed by atoms with Gasteiger partial charge in [-0.2, -0.15) is 0 Å². The zero-order valence-corrected chi connectivity index (χ0v) is 17.5. The molecule has 0 saturated heterocycles. The maximum Gasteiger partial charge on any atom is 0.146 e. The van der Waals surface area contributed by atoms with Crippen molar-refractivity contribution in [2.75, 3.05) is 26.8 Å². The normalized spacial score (nSPS) is 21.9. The van der Waals surface area contributed by atoms with Crippen molar-refractivity contribution in [3.05, 3.63) is 34.9 Å². The number of rotatable bonds is 8. The van der Waals surface area contributed by atoms with Crippen molar-refractivity contribution < 1.29 is 14.0 Å². The molecule has 2 atom stereocenters. The van der Waals surface area contributed by atoms with Gasteiger partial charge in [-0.15, -0.1) is 0 Å². The molecule has 1 unspecified atom stereocenters. The third kappa shape index (κ3) is 4.71. The van der Waals surface area contributed by atoms with Gasteiger partial charge in [0.2, 0.25) is 0 Å². The zero-order chi connectivity index (χ0) is 18.7. The Balaban J connectivity index is 2.30. The number of ether oxygens (including phenoxy) is 2. The summed E-state index contributed by atoms with van der Waals surface area (Å²) in [6.45, 7) is 6.95. The average molecular weight is 390 g/mol. The Bertz CT molecular complexity index is 553. The van der Waals surface area contributed by atoms with Gasteiger partial charge in [0.15, 0.2) is 0 Å². The van der Waals surface area contributed by atoms with Crippen LogP contribution in [0.5, 0.6) is 0 Å². The fourth-order valence-corrected chi connectivity index (χ4v) is 4.51. The van der Waals surface area contributed by atoms with E-state index in [2.05, 4.69) is 37.6 Å². The van der Waals surface area contributed by atoms with Crippen LogP contribution in [0.4, 0.5) is 0 Å². The van der Waals surface area contributed by atoms with Gasteiger partial charge in [0.05, 0.1) is 12.6 Å². The molecule has 4 nitrogen and oxygen atoms in total. The van der Waals surface area contributed by atoms with E-state index in [0.29, 0.717) is 6.61 Å². The van der Waals surface area contributed by atoms with Gasteiger partial charge in [-0.25, -0.2) is 0 Å². The van der Waals surface area contributed by atoms with Crippen LogP contribution in [0.1, 0.15) is 45.6 Å². The molecule has 25 heavy (non-hydrogen) atoms. The molecule has 2 N–H and O–H groups in total. The van der Waals surface area contributed by atoms with Crippen molar-refractivity contribution in [2.24, 2.45) is 0 Å². The van der Waals surface area contributed by atoms with Crippen LogP contribution in [-0.4, -0.2) is 42.1 Å². The summed E-state index contributed by atoms with van der Waals surface area (Å²) in [4.78, 5) is 0. The van der Waals surface area contributed by atoms with Crippen molar-refractivity contribution in [3.8, 4) is 0 Å². The Kier molecular flexibility index (Phi) is 6.85. The molecule has 0 amide bonds. The summed E-state index contributed by atoms with van der Waals surface area (Å²) < 4.78 is 25.2. The van der Waals surface area contributed by atoms with Crippen LogP contribution in [0.2, 0.25) is 5.02 Å². The fraction of sp³-hybridized carbons (Fsp3) is 0.684. The predicted molar refractivity (Wildman–Crippen MR) is 108 cm³/mol. The molecule has 0 aromatic heterocycles. The van der Waals surface area contributed by atoms with E-state index in [4.69, 9.17) is 21.1 Å². The van der Waals surface area contributed by atoms with Crippen molar-refractivity contribution in [1.82, 2.24) is 4.72 Å². The maximum absolute atomic E-state index is 11.1. The molecule has 1 aliphatic carbocycles. The van der Waals surface area contributed by atoms with Crippen molar-refractivity contribution in [3.63, 3.8) is 0 Å². The lowest BCUT2D eigenvalue weighted by atomic mass is 9.60. The molecule has 1 aliphatic rings. The van der Waals surface area contributed by atoms with Gasteiger partial charge < -0.3 is 14.0 Å². The standard InChI is InChI=1S/C19H32ClNO3S/c1-18(2,3)25(5,22)21-17(13-24-14-23-4)19(11-6-12-19)15-7-9-16(20)10-8-15/h7-10,17,21-22H,6,11-14H2,1-5H3/t17-/m0/s1. The largest absolute Gasteiger partial charge is 0.359 e. The number of methoxy groups -OCH3 is 1. The van der Waals surface area contributed by atoms with Crippen LogP contribution in [0.25, 0.3) is 0 Å². The first-order valence-electron chi connectivity index (χ1n) is 8.73. The molecule has 0 aliphatic heterocycles. The number of benzene rings is 1. The van der Waals surface area contributed by atoms with E-state index >= 15 is 0 Å². The minimum atomic E-state index is -2.01. The average Bonchev–Trinajstić information content (AvgIpc) is 2.46. The van der Waals surface area contributed by atoms with Crippen LogP contribution in [-0.2, 0) is 14.9 Å². The summed E-state index contributed by atoms with van der Waals surface area (Å²) in [5.74, 6) is 0. The summed E-state index contributed by atoms with van der Waals surface area (Å²) in [7, 11) is -0.384. The zero-order valence-electron chi connectivity index (χ0n) is 16.0. The Hall–Kier alpha value is -0.300. The molecule has 6 heteroatoms. The van der Waals surface area contributed by atoms with E-state index in [-0.39, 0.29) is 23.0 Å². The minimum Gasteiger partial charge on any atom is -0.359 e. The number of halogens is 1. The van der Waals surface area contributed by atoms with Crippen molar-refractivity contribution in [1.29, 1.82) is 0 Å². The van der Waals surface area contributed by atoms with Gasteiger partial charge in [-0.05, 0) is 51.3 Å². The molecule has 0 heterocycles. The highest BCUT2D eigenvalue weighted by Crippen LogP contribution is 2.53. The molecule has 2 rings (SSSR count). The fourth-order valence-electron chi connectivity index (χ4n) is 3.19. The topological polar surface area (TPSA) is 50.7 Å². The number of nitrogens with one attached hydrogen (secondary N) is 1. The highest BCUT2D eigenvalue weighted by molar-refractivity contribution is 8.28. The summed E-state index contributed by atoms with van der Waals surface area (Å²) in [6, 6.07) is 8.11. The maximum atomic E-state index is 11.1. The van der Waals surface area contributed by atoms with Gasteiger partial charge in [0.1, 0.15) is 6.79 Å². The Morgan fingerprint density at radius 3 is 2.32 bits per heavy atom. The third-order valence-corrected chi connectivity index (χ3v) is 8.76. The summed E-state index contributed by atoms with van der Waals surface area (Å²) >= 11 is 6.08. The molecule has 144 valence electrons. The van der Waals surface area contributed by atoms with E-state index in [1.807, 2.05) is 18.4 Å². The van der Waals surface area contributed by atoms with Gasteiger partial charge >= 0.3 is 0 Å². The monoisotopic (exact) mass is 389 g/mol. The highest BCUT2D eigenvalue weighted by Gasteiger charge is 2.48. The third-order valence-electron chi connectivity index (χ3n) is 5.38. The Labute approximate surface area is 158 Å². The van der Waals surface area contributed by atoms with E-state index in [9.17, 15) is 4.55 Å². The van der Waals surface area contributed by atoms with Gasteiger partial charge in [0, 0.05) is 28.6 Å². The van der Waals surface area contributed by atoms with Gasteiger partial charge in [0.25, 0.3) is 0 Å². The lowest BCUT2D eigenvalue weighted by Crippen LogP contribution is -2.57. The molecule has 0 bridgehead atoms. The molecule has 0 radical (unpaired) electrons. The van der Waals surface area contributed by atoms with Gasteiger partial charge in [-0.1, -0.05) is 40.6 Å². The Morgan fingerprint density at radius 1 is 1.28 bits per heavy atom. The molecule has 1 fully saturated rings. The molecule has 1 aromatic carbocycles. The Morgan fingerprint density at radius 2 is 1.88 bits per heavy atom. The predicted octanol–water partition coefficient (Wildman–Crippen LogP) is 4.96. The first-order chi connectivity index (χ1) is 11.6. The summed E-state index contributed by atoms with van der Waals surface area (Å²) in [6.07, 6.45) is 5.24. The van der Waals surface area contributed by atoms with E-state index < -0.39 is 10.5 Å². The summed E-state index contributed by atoms with van der Waals surface area (Å²) in [5.41, 5.74) is 1.21. The lowest BCUT2D eigenvalue weighted by molar-refractivity contribution is -0.0484. The van der Waals surface area contributed by atoms with E-state index in [1.165, 1.54) is 12.0 Å². The van der Waals surface area contributed by atoms with Gasteiger partial charge in [-0.3, -0.25) is 4.72 Å². The molecule has 1 aromatic rings. The summed E-state index contributed by atoms with van der Waals surface area (Å²) in [5, 5.41) is 0.741. The number of hydrogen-bond acceptors (Lipinski definition) is 4.